The number of carbonyl (C=O) groups excluding carboxylic acids is 1. The van der Waals surface area contributed by atoms with E-state index in [9.17, 15) is 4.79 Å². The number of nitrogens with one attached hydrogen (secondary N) is 1. The minimum atomic E-state index is 0.0765. The summed E-state index contributed by atoms with van der Waals surface area (Å²) in [5.41, 5.74) is 3.26. The van der Waals surface area contributed by atoms with E-state index < -0.39 is 0 Å². The van der Waals surface area contributed by atoms with Crippen molar-refractivity contribution in [1.82, 2.24) is 4.98 Å². The van der Waals surface area contributed by atoms with E-state index in [0.717, 1.165) is 74.3 Å². The molecule has 0 radical (unpaired) electrons. The predicted molar refractivity (Wildman–Crippen MR) is 122 cm³/mol. The number of aromatic nitrogens is 1. The van der Waals surface area contributed by atoms with Crippen LogP contribution in [0.15, 0.2) is 29.6 Å². The van der Waals surface area contributed by atoms with Crippen LogP contribution in [0, 0.1) is 12.8 Å². The van der Waals surface area contributed by atoms with Gasteiger partial charge in [0.25, 0.3) is 0 Å². The van der Waals surface area contributed by atoms with Gasteiger partial charge in [0.2, 0.25) is 5.91 Å². The van der Waals surface area contributed by atoms with Crippen LogP contribution in [0.1, 0.15) is 36.9 Å². The number of piperidine rings is 1. The van der Waals surface area contributed by atoms with Crippen molar-refractivity contribution in [3.63, 3.8) is 0 Å². The molecule has 1 N–H and O–H groups in total. The van der Waals surface area contributed by atoms with Crippen LogP contribution in [-0.2, 0) is 15.3 Å². The highest BCUT2D eigenvalue weighted by molar-refractivity contribution is 7.99. The molecule has 7 heteroatoms. The van der Waals surface area contributed by atoms with E-state index in [1.807, 2.05) is 30.8 Å². The fourth-order valence-electron chi connectivity index (χ4n) is 3.86. The standard InChI is InChI=1S/C22H29N3O2S2/c1-16-14-29-22(23-16)25-9-5-18(6-10-25)21(26)24-19-4-2-3-17(13-19)15-28-20-7-11-27-12-8-20/h2-4,13-14,18,20H,5-12,15H2,1H3,(H,24,26). The van der Waals surface area contributed by atoms with Gasteiger partial charge in [-0.1, -0.05) is 12.1 Å². The zero-order chi connectivity index (χ0) is 20.1. The monoisotopic (exact) mass is 431 g/mol. The first-order chi connectivity index (χ1) is 14.2. The van der Waals surface area contributed by atoms with E-state index in [2.05, 4.69) is 32.7 Å². The zero-order valence-electron chi connectivity index (χ0n) is 16.9. The average molecular weight is 432 g/mol. The van der Waals surface area contributed by atoms with Gasteiger partial charge in [0.15, 0.2) is 5.13 Å². The lowest BCUT2D eigenvalue weighted by molar-refractivity contribution is -0.120. The number of hydrogen-bond acceptors (Lipinski definition) is 6. The number of carbonyl (C=O) groups is 1. The number of thiazole rings is 1. The highest BCUT2D eigenvalue weighted by atomic mass is 32.2. The van der Waals surface area contributed by atoms with Gasteiger partial charge in [0, 0.05) is 54.3 Å². The Morgan fingerprint density at radius 1 is 1.28 bits per heavy atom. The number of aryl methyl sites for hydroxylation is 1. The molecule has 0 unspecified atom stereocenters. The maximum atomic E-state index is 12.8. The smallest absolute Gasteiger partial charge is 0.227 e. The normalized spacial score (nSPS) is 18.7. The molecule has 5 nitrogen and oxygen atoms in total. The molecule has 2 saturated heterocycles. The summed E-state index contributed by atoms with van der Waals surface area (Å²) in [6.07, 6.45) is 4.04. The summed E-state index contributed by atoms with van der Waals surface area (Å²) in [5.74, 6) is 1.21. The van der Waals surface area contributed by atoms with Crippen molar-refractivity contribution in [1.29, 1.82) is 0 Å². The van der Waals surface area contributed by atoms with Crippen molar-refractivity contribution >= 4 is 39.8 Å². The topological polar surface area (TPSA) is 54.5 Å². The molecule has 1 aromatic carbocycles. The van der Waals surface area contributed by atoms with Crippen LogP contribution in [0.25, 0.3) is 0 Å². The Balaban J connectivity index is 1.26. The fourth-order valence-corrected chi connectivity index (χ4v) is 5.85. The predicted octanol–water partition coefficient (Wildman–Crippen LogP) is 4.72. The lowest BCUT2D eigenvalue weighted by Crippen LogP contribution is -2.38. The molecule has 0 saturated carbocycles. The van der Waals surface area contributed by atoms with Crippen molar-refractivity contribution in [2.45, 2.75) is 43.6 Å². The first-order valence-corrected chi connectivity index (χ1v) is 12.4. The van der Waals surface area contributed by atoms with Crippen LogP contribution in [0.2, 0.25) is 0 Å². The van der Waals surface area contributed by atoms with Crippen molar-refractivity contribution < 1.29 is 9.53 Å². The average Bonchev–Trinajstić information content (AvgIpc) is 3.20. The molecule has 0 atom stereocenters. The Hall–Kier alpha value is -1.57. The molecule has 1 aromatic heterocycles. The summed E-state index contributed by atoms with van der Waals surface area (Å²) in [6.45, 7) is 5.58. The van der Waals surface area contributed by atoms with E-state index in [0.29, 0.717) is 5.25 Å². The molecule has 1 amide bonds. The molecule has 29 heavy (non-hydrogen) atoms. The molecule has 2 fully saturated rings. The molecular weight excluding hydrogens is 402 g/mol. The Bertz CT molecular complexity index is 812. The summed E-state index contributed by atoms with van der Waals surface area (Å²) in [6, 6.07) is 8.31. The zero-order valence-corrected chi connectivity index (χ0v) is 18.6. The van der Waals surface area contributed by atoms with Gasteiger partial charge >= 0.3 is 0 Å². The summed E-state index contributed by atoms with van der Waals surface area (Å²) in [5, 5.41) is 7.00. The van der Waals surface area contributed by atoms with Crippen LogP contribution in [0.5, 0.6) is 0 Å². The Morgan fingerprint density at radius 3 is 2.79 bits per heavy atom. The molecule has 0 spiro atoms. The minimum Gasteiger partial charge on any atom is -0.381 e. The van der Waals surface area contributed by atoms with Crippen molar-refractivity contribution in [3.05, 3.63) is 40.9 Å². The Morgan fingerprint density at radius 2 is 2.07 bits per heavy atom. The third-order valence-corrected chi connectivity index (χ3v) is 8.05. The molecule has 0 bridgehead atoms. The van der Waals surface area contributed by atoms with Gasteiger partial charge in [-0.25, -0.2) is 4.98 Å². The summed E-state index contributed by atoms with van der Waals surface area (Å²) >= 11 is 3.69. The van der Waals surface area contributed by atoms with Crippen molar-refractivity contribution in [3.8, 4) is 0 Å². The van der Waals surface area contributed by atoms with E-state index in [1.165, 1.54) is 5.56 Å². The van der Waals surface area contributed by atoms with E-state index in [-0.39, 0.29) is 11.8 Å². The SMILES string of the molecule is Cc1csc(N2CCC(C(=O)Nc3cccc(CSC4CCOCC4)c3)CC2)n1. The molecule has 2 aromatic rings. The second kappa shape index (κ2) is 9.96. The van der Waals surface area contributed by atoms with Gasteiger partial charge in [-0.15, -0.1) is 11.3 Å². The van der Waals surface area contributed by atoms with Gasteiger partial charge in [0.1, 0.15) is 0 Å². The van der Waals surface area contributed by atoms with Crippen LogP contribution in [-0.4, -0.2) is 42.4 Å². The molecule has 3 heterocycles. The highest BCUT2D eigenvalue weighted by Gasteiger charge is 2.26. The number of rotatable bonds is 6. The Kier molecular flexibility index (Phi) is 7.11. The third kappa shape index (κ3) is 5.74. The second-order valence-corrected chi connectivity index (χ2v) is 9.97. The number of nitrogens with zero attached hydrogens (tertiary/aromatic N) is 2. The molecule has 2 aliphatic rings. The number of amides is 1. The largest absolute Gasteiger partial charge is 0.381 e. The third-order valence-electron chi connectivity index (χ3n) is 5.59. The molecule has 4 rings (SSSR count). The van der Waals surface area contributed by atoms with E-state index >= 15 is 0 Å². The summed E-state index contributed by atoms with van der Waals surface area (Å²) in [4.78, 5) is 19.6. The van der Waals surface area contributed by atoms with E-state index in [1.54, 1.807) is 11.3 Å². The number of anilines is 2. The summed E-state index contributed by atoms with van der Waals surface area (Å²) in [7, 11) is 0. The van der Waals surface area contributed by atoms with Gasteiger partial charge in [0.05, 0.1) is 5.69 Å². The van der Waals surface area contributed by atoms with Crippen LogP contribution in [0.4, 0.5) is 10.8 Å². The van der Waals surface area contributed by atoms with Crippen LogP contribution < -0.4 is 10.2 Å². The lowest BCUT2D eigenvalue weighted by Gasteiger charge is -2.31. The van der Waals surface area contributed by atoms with Gasteiger partial charge in [-0.05, 0) is 50.3 Å². The van der Waals surface area contributed by atoms with Crippen molar-refractivity contribution in [2.24, 2.45) is 5.92 Å². The first-order valence-electron chi connectivity index (χ1n) is 10.4. The number of benzene rings is 1. The van der Waals surface area contributed by atoms with Crippen LogP contribution in [0.3, 0.4) is 0 Å². The van der Waals surface area contributed by atoms with Crippen molar-refractivity contribution in [2.75, 3.05) is 36.5 Å². The molecule has 156 valence electrons. The molecule has 0 aliphatic carbocycles. The minimum absolute atomic E-state index is 0.0765. The highest BCUT2D eigenvalue weighted by Crippen LogP contribution is 2.28. The second-order valence-electron chi connectivity index (χ2n) is 7.85. The lowest BCUT2D eigenvalue weighted by atomic mass is 9.96. The Labute approximate surface area is 181 Å². The number of ether oxygens (including phenoxy) is 1. The maximum absolute atomic E-state index is 12.8. The summed E-state index contributed by atoms with van der Waals surface area (Å²) < 4.78 is 5.44. The van der Waals surface area contributed by atoms with Gasteiger partial charge in [-0.2, -0.15) is 11.8 Å². The number of hydrogen-bond donors (Lipinski definition) is 1. The first kappa shape index (κ1) is 20.7. The van der Waals surface area contributed by atoms with Crippen LogP contribution >= 0.6 is 23.1 Å². The molecule has 2 aliphatic heterocycles. The van der Waals surface area contributed by atoms with Gasteiger partial charge in [-0.3, -0.25) is 4.79 Å². The van der Waals surface area contributed by atoms with Gasteiger partial charge < -0.3 is 15.0 Å². The van der Waals surface area contributed by atoms with E-state index in [4.69, 9.17) is 4.74 Å². The quantitative estimate of drug-likeness (QED) is 0.717. The number of thioether (sulfide) groups is 1. The molecular formula is C22H29N3O2S2. The maximum Gasteiger partial charge on any atom is 0.227 e. The fraction of sp³-hybridized carbons (Fsp3) is 0.545.